The molecule has 0 aliphatic heterocycles. The zero-order chi connectivity index (χ0) is 17.9. The van der Waals surface area contributed by atoms with Crippen molar-refractivity contribution in [3.8, 4) is 0 Å². The van der Waals surface area contributed by atoms with Crippen LogP contribution in [0.5, 0.6) is 0 Å². The summed E-state index contributed by atoms with van der Waals surface area (Å²) in [5, 5.41) is 18.4. The van der Waals surface area contributed by atoms with Gasteiger partial charge in [0.25, 0.3) is 5.56 Å². The van der Waals surface area contributed by atoms with Crippen LogP contribution in [0.2, 0.25) is 0 Å². The molecule has 124 valence electrons. The smallest absolute Gasteiger partial charge is 0.291 e. The first-order valence-corrected chi connectivity index (χ1v) is 8.15. The predicted molar refractivity (Wildman–Crippen MR) is 97.8 cm³/mol. The molecule has 0 saturated heterocycles. The highest BCUT2D eigenvalue weighted by atomic mass is 32.2. The van der Waals surface area contributed by atoms with Crippen molar-refractivity contribution in [3.63, 3.8) is 0 Å². The van der Waals surface area contributed by atoms with Gasteiger partial charge in [0.15, 0.2) is 5.49 Å². The number of fused-ring (bicyclic) bond motifs is 1. The van der Waals surface area contributed by atoms with Gasteiger partial charge in [0.05, 0.1) is 15.9 Å². The van der Waals surface area contributed by atoms with Crippen LogP contribution in [0, 0.1) is 17.7 Å². The maximum atomic E-state index is 12.1. The number of hydrogen-bond donors (Lipinski definition) is 3. The normalized spacial score (nSPS) is 12.0. The third-order valence-electron chi connectivity index (χ3n) is 3.49. The van der Waals surface area contributed by atoms with Crippen molar-refractivity contribution in [2.45, 2.75) is 20.8 Å². The average Bonchev–Trinajstić information content (AvgIpc) is 2.56. The number of thioether (sulfide) groups is 1. The number of hydrogen-bond acceptors (Lipinski definition) is 5. The minimum atomic E-state index is -0.612. The highest BCUT2D eigenvalue weighted by Crippen LogP contribution is 2.21. The zero-order valence-corrected chi connectivity index (χ0v) is 14.5. The second-order valence-corrected chi connectivity index (χ2v) is 6.02. The summed E-state index contributed by atoms with van der Waals surface area (Å²) in [6.45, 7) is 5.45. The number of aryl methyl sites for hydroxylation is 1. The molecule has 1 aromatic carbocycles. The molecule has 0 unspecified atom stereocenters. The summed E-state index contributed by atoms with van der Waals surface area (Å²) in [4.78, 5) is 26.4. The van der Waals surface area contributed by atoms with Gasteiger partial charge in [-0.15, -0.1) is 0 Å². The van der Waals surface area contributed by atoms with Crippen LogP contribution in [-0.4, -0.2) is 21.7 Å². The van der Waals surface area contributed by atoms with Gasteiger partial charge in [0.2, 0.25) is 0 Å². The number of H-pyrrole nitrogens is 1. The van der Waals surface area contributed by atoms with Crippen molar-refractivity contribution in [1.82, 2.24) is 9.55 Å². The quantitative estimate of drug-likeness (QED) is 0.452. The fourth-order valence-electron chi connectivity index (χ4n) is 2.27. The Labute approximate surface area is 142 Å². The van der Waals surface area contributed by atoms with Crippen molar-refractivity contribution >= 4 is 34.9 Å². The lowest BCUT2D eigenvalue weighted by molar-refractivity contribution is 0.112. The van der Waals surface area contributed by atoms with Crippen LogP contribution in [0.4, 0.5) is 0 Å². The molecule has 0 aliphatic rings. The first-order valence-electron chi connectivity index (χ1n) is 7.27. The fourth-order valence-corrected chi connectivity index (χ4v) is 2.89. The minimum Gasteiger partial charge on any atom is -0.317 e. The number of benzene rings is 1. The van der Waals surface area contributed by atoms with Crippen LogP contribution in [0.25, 0.3) is 11.0 Å². The van der Waals surface area contributed by atoms with Gasteiger partial charge in [-0.05, 0) is 43.9 Å². The van der Waals surface area contributed by atoms with E-state index in [0.29, 0.717) is 27.1 Å². The highest BCUT2D eigenvalue weighted by molar-refractivity contribution is 8.06. The van der Waals surface area contributed by atoms with Crippen molar-refractivity contribution in [3.05, 3.63) is 61.6 Å². The number of aromatic nitrogens is 2. The van der Waals surface area contributed by atoms with E-state index in [0.717, 1.165) is 6.29 Å². The van der Waals surface area contributed by atoms with Gasteiger partial charge < -0.3 is 4.98 Å². The summed E-state index contributed by atoms with van der Waals surface area (Å²) < 4.78 is 1.29. The molecule has 0 fully saturated rings. The van der Waals surface area contributed by atoms with Crippen LogP contribution >= 0.6 is 11.8 Å². The van der Waals surface area contributed by atoms with Gasteiger partial charge in [-0.1, -0.05) is 23.9 Å². The molecule has 0 bridgehead atoms. The molecule has 0 saturated carbocycles. The molecule has 0 radical (unpaired) electrons. The van der Waals surface area contributed by atoms with E-state index in [9.17, 15) is 9.59 Å². The van der Waals surface area contributed by atoms with E-state index >= 15 is 0 Å². The van der Waals surface area contributed by atoms with Gasteiger partial charge in [-0.3, -0.25) is 25.0 Å². The molecule has 3 N–H and O–H groups in total. The molecule has 1 heterocycles. The number of aldehydes is 1. The zero-order valence-electron chi connectivity index (χ0n) is 13.6. The summed E-state index contributed by atoms with van der Waals surface area (Å²) in [6, 6.07) is 3.27. The van der Waals surface area contributed by atoms with Gasteiger partial charge >= 0.3 is 0 Å². The Kier molecular flexibility index (Phi) is 5.35. The van der Waals surface area contributed by atoms with Gasteiger partial charge in [0.1, 0.15) is 12.1 Å². The van der Waals surface area contributed by atoms with E-state index in [4.69, 9.17) is 10.8 Å². The molecule has 0 spiro atoms. The lowest BCUT2D eigenvalue weighted by Gasteiger charge is -2.14. The Morgan fingerprint density at radius 1 is 1.33 bits per heavy atom. The largest absolute Gasteiger partial charge is 0.317 e. The number of carbonyl (C=O) groups excluding carboxylic acids is 1. The molecular formula is C17H18N4O2S. The van der Waals surface area contributed by atoms with E-state index in [-0.39, 0.29) is 11.3 Å². The summed E-state index contributed by atoms with van der Waals surface area (Å²) in [6.07, 6.45) is 4.33. The topological polar surface area (TPSA) is 103 Å². The maximum absolute atomic E-state index is 12.1. The Morgan fingerprint density at radius 3 is 2.62 bits per heavy atom. The monoisotopic (exact) mass is 342 g/mol. The van der Waals surface area contributed by atoms with E-state index in [1.807, 2.05) is 18.4 Å². The molecule has 1 aromatic heterocycles. The maximum Gasteiger partial charge on any atom is 0.291 e. The Morgan fingerprint density at radius 2 is 2.04 bits per heavy atom. The fraction of sp³-hybridized carbons (Fsp3) is 0.176. The lowest BCUT2D eigenvalue weighted by Crippen LogP contribution is -2.40. The van der Waals surface area contributed by atoms with Crippen molar-refractivity contribution in [2.24, 2.45) is 0 Å². The Hall–Kier alpha value is -2.67. The number of allylic oxidation sites excluding steroid dienone is 3. The summed E-state index contributed by atoms with van der Waals surface area (Å²) >= 11 is 1.34. The number of nitrogens with zero attached hydrogens (tertiary/aromatic N) is 1. The number of aromatic amines is 1. The number of carbonyl (C=O) groups is 1. The molecule has 0 atom stereocenters. The molecule has 0 aliphatic carbocycles. The van der Waals surface area contributed by atoms with Crippen molar-refractivity contribution < 1.29 is 4.79 Å². The molecule has 2 rings (SSSR count). The predicted octanol–water partition coefficient (Wildman–Crippen LogP) is 2.93. The van der Waals surface area contributed by atoms with Gasteiger partial charge in [-0.2, -0.15) is 0 Å². The van der Waals surface area contributed by atoms with Gasteiger partial charge in [-0.25, -0.2) is 0 Å². The van der Waals surface area contributed by atoms with E-state index in [1.54, 1.807) is 32.1 Å². The molecule has 2 aromatic rings. The van der Waals surface area contributed by atoms with E-state index in [1.165, 1.54) is 16.3 Å². The van der Waals surface area contributed by atoms with Crippen LogP contribution in [0.3, 0.4) is 0 Å². The highest BCUT2D eigenvalue weighted by Gasteiger charge is 2.14. The van der Waals surface area contributed by atoms with E-state index < -0.39 is 5.56 Å². The van der Waals surface area contributed by atoms with Crippen LogP contribution in [0.15, 0.2) is 39.4 Å². The second-order valence-electron chi connectivity index (χ2n) is 5.07. The average molecular weight is 342 g/mol. The van der Waals surface area contributed by atoms with E-state index in [2.05, 4.69) is 4.98 Å². The summed E-state index contributed by atoms with van der Waals surface area (Å²) in [5.74, 6) is 0.0416. The van der Waals surface area contributed by atoms with Crippen LogP contribution < -0.4 is 11.0 Å². The Balaban J connectivity index is 2.82. The standard InChI is InChI=1S/C17H18N4O2S/c1-4-6-24-14(5-2)15(18)21-13-7-10(3)11(9-22)8-12(13)20-17(23)16(21)19/h4-9,18-19H,1-3H3,(H,20,23)/b6-4-,14-5?,18-15?,19-16?. The molecule has 6 nitrogen and oxygen atoms in total. The molecule has 24 heavy (non-hydrogen) atoms. The summed E-state index contributed by atoms with van der Waals surface area (Å²) in [5.41, 5.74) is 1.16. The lowest BCUT2D eigenvalue weighted by atomic mass is 10.1. The summed E-state index contributed by atoms with van der Waals surface area (Å²) in [7, 11) is 0. The van der Waals surface area contributed by atoms with Crippen molar-refractivity contribution in [1.29, 1.82) is 10.8 Å². The third kappa shape index (κ3) is 3.16. The number of nitrogens with one attached hydrogen (secondary N) is 3. The van der Waals surface area contributed by atoms with Crippen molar-refractivity contribution in [2.75, 3.05) is 0 Å². The minimum absolute atomic E-state index is 0.0416. The Bertz CT molecular complexity index is 996. The SMILES string of the molecule is CC=C(S/C=C\C)C(=N)n1c(=N)c(=O)[nH]c2cc(C=O)c(C)cc21. The second kappa shape index (κ2) is 7.27. The van der Waals surface area contributed by atoms with Gasteiger partial charge in [0, 0.05) is 5.56 Å². The van der Waals surface area contributed by atoms with Crippen LogP contribution in [-0.2, 0) is 0 Å². The van der Waals surface area contributed by atoms with Crippen LogP contribution in [0.1, 0.15) is 29.8 Å². The first-order chi connectivity index (χ1) is 11.4. The molecular weight excluding hydrogens is 324 g/mol. The first kappa shape index (κ1) is 17.7. The number of rotatable bonds is 4. The third-order valence-corrected chi connectivity index (χ3v) is 4.58. The molecule has 0 amide bonds. The molecule has 7 heteroatoms.